The highest BCUT2D eigenvalue weighted by Gasteiger charge is 2.41. The number of imidazole rings is 2. The van der Waals surface area contributed by atoms with Crippen molar-refractivity contribution in [2.45, 2.75) is 71.3 Å². The van der Waals surface area contributed by atoms with Gasteiger partial charge in [-0.15, -0.1) is 0 Å². The number of H-pyrrole nitrogens is 2. The smallest absolute Gasteiger partial charge is 0.407 e. The van der Waals surface area contributed by atoms with Crippen molar-refractivity contribution in [2.75, 3.05) is 27.3 Å². The number of nitrogens with zero attached hydrogens (tertiary/aromatic N) is 4. The summed E-state index contributed by atoms with van der Waals surface area (Å²) in [6.45, 7) is 9.50. The number of hydrogen-bond donors (Lipinski definition) is 4. The number of benzene rings is 4. The van der Waals surface area contributed by atoms with Crippen LogP contribution in [0.3, 0.4) is 0 Å². The van der Waals surface area contributed by atoms with Gasteiger partial charge in [-0.3, -0.25) is 9.59 Å². The maximum atomic E-state index is 14.3. The van der Waals surface area contributed by atoms with Gasteiger partial charge in [-0.05, 0) is 82.5 Å². The van der Waals surface area contributed by atoms with Crippen LogP contribution < -0.4 is 15.4 Å². The Balaban J connectivity index is 0.972. The van der Waals surface area contributed by atoms with Crippen LogP contribution in [0.15, 0.2) is 79.0 Å². The largest absolute Gasteiger partial charge is 0.488 e. The Bertz CT molecular complexity index is 2730. The maximum Gasteiger partial charge on any atom is 0.407 e. The predicted molar refractivity (Wildman–Crippen MR) is 236 cm³/mol. The number of hydrogen-bond acceptors (Lipinski definition) is 9. The number of amides is 4. The molecule has 6 atom stereocenters. The highest BCUT2D eigenvalue weighted by molar-refractivity contribution is 6.07. The number of carbonyl (C=O) groups excluding carboxylic acids is 4. The van der Waals surface area contributed by atoms with E-state index in [1.165, 1.54) is 14.2 Å². The van der Waals surface area contributed by atoms with Gasteiger partial charge in [0.05, 0.1) is 49.2 Å². The second-order valence-corrected chi connectivity index (χ2v) is 17.5. The molecule has 2 unspecified atom stereocenters. The Hall–Kier alpha value is -6.90. The van der Waals surface area contributed by atoms with Gasteiger partial charge in [-0.1, -0.05) is 76.2 Å². The van der Waals surface area contributed by atoms with Crippen LogP contribution >= 0.6 is 0 Å². The normalized spacial score (nSPS) is 20.2. The number of aromatic nitrogens is 4. The highest BCUT2D eigenvalue weighted by atomic mass is 16.5. The van der Waals surface area contributed by atoms with Crippen molar-refractivity contribution in [1.29, 1.82) is 0 Å². The van der Waals surface area contributed by atoms with E-state index in [1.807, 2.05) is 66.2 Å². The quantitative estimate of drug-likeness (QED) is 0.112. The number of rotatable bonds is 9. The van der Waals surface area contributed by atoms with Gasteiger partial charge >= 0.3 is 12.2 Å². The minimum atomic E-state index is -0.915. The average molecular weight is 853 g/mol. The zero-order valence-corrected chi connectivity index (χ0v) is 36.2. The molecule has 15 nitrogen and oxygen atoms in total. The molecular weight excluding hydrogens is 801 g/mol. The van der Waals surface area contributed by atoms with Gasteiger partial charge < -0.3 is 44.6 Å². The number of methoxy groups -OCH3 is 2. The van der Waals surface area contributed by atoms with E-state index in [0.29, 0.717) is 43.3 Å². The summed E-state index contributed by atoms with van der Waals surface area (Å²) in [5.41, 5.74) is 7.21. The molecule has 5 heterocycles. The molecule has 4 N–H and O–H groups in total. The minimum absolute atomic E-state index is 0.129. The third kappa shape index (κ3) is 7.80. The third-order valence-electron chi connectivity index (χ3n) is 12.7. The summed E-state index contributed by atoms with van der Waals surface area (Å²) in [5, 5.41) is 7.44. The van der Waals surface area contributed by atoms with Crippen LogP contribution in [0.2, 0.25) is 0 Å². The van der Waals surface area contributed by atoms with Crippen LogP contribution in [0, 0.1) is 17.8 Å². The van der Waals surface area contributed by atoms with Crippen LogP contribution in [0.5, 0.6) is 5.75 Å². The summed E-state index contributed by atoms with van der Waals surface area (Å²) in [6.07, 6.45) is 1.97. The minimum Gasteiger partial charge on any atom is -0.488 e. The summed E-state index contributed by atoms with van der Waals surface area (Å²) in [7, 11) is 2.58. The first-order valence-electron chi connectivity index (χ1n) is 21.5. The van der Waals surface area contributed by atoms with Crippen molar-refractivity contribution in [2.24, 2.45) is 17.8 Å². The van der Waals surface area contributed by atoms with Gasteiger partial charge in [0.1, 0.15) is 36.1 Å². The summed E-state index contributed by atoms with van der Waals surface area (Å²) >= 11 is 0. The second-order valence-electron chi connectivity index (χ2n) is 17.5. The first-order chi connectivity index (χ1) is 30.4. The van der Waals surface area contributed by atoms with Gasteiger partial charge in [0.25, 0.3) is 5.91 Å². The van der Waals surface area contributed by atoms with Crippen molar-refractivity contribution >= 4 is 45.8 Å². The monoisotopic (exact) mass is 852 g/mol. The molecule has 0 saturated carbocycles. The molecule has 6 aromatic rings. The average Bonchev–Trinajstić information content (AvgIpc) is 4.12. The molecule has 0 radical (unpaired) electrons. The van der Waals surface area contributed by atoms with Crippen molar-refractivity contribution in [3.8, 4) is 28.1 Å². The molecule has 0 spiro atoms. The fourth-order valence-corrected chi connectivity index (χ4v) is 9.54. The van der Waals surface area contributed by atoms with Crippen LogP contribution in [0.4, 0.5) is 9.59 Å². The molecule has 15 heteroatoms. The number of carbonyl (C=O) groups is 4. The van der Waals surface area contributed by atoms with Crippen molar-refractivity contribution in [3.63, 3.8) is 0 Å². The highest BCUT2D eigenvalue weighted by Crippen LogP contribution is 2.44. The lowest BCUT2D eigenvalue weighted by Crippen LogP contribution is -2.51. The fraction of sp³-hybridized carbons (Fsp3) is 0.375. The number of nitrogens with one attached hydrogen (secondary N) is 4. The first kappa shape index (κ1) is 41.5. The zero-order chi connectivity index (χ0) is 44.1. The maximum absolute atomic E-state index is 14.3. The molecule has 9 rings (SSSR count). The first-order valence-corrected chi connectivity index (χ1v) is 21.5. The molecule has 4 amide bonds. The van der Waals surface area contributed by atoms with Gasteiger partial charge in [0, 0.05) is 24.0 Å². The Morgan fingerprint density at radius 3 is 2.21 bits per heavy atom. The van der Waals surface area contributed by atoms with E-state index in [0.717, 1.165) is 61.9 Å². The Morgan fingerprint density at radius 2 is 1.49 bits per heavy atom. The SMILES string of the molecule is COC(=O)NC(C(=O)N1C[C@@H](C)C[C@H]1c1nc2ccc3cc4c(cc3c2[nH]1)OCc1cc(-c2cnc([C@@H]3C[C@H](C)CN3C(=O)C(NC(=O)OC)C(C)C)[nH]2)ccc1-4)c1ccccc1. The molecule has 3 aliphatic rings. The molecule has 63 heavy (non-hydrogen) atoms. The lowest BCUT2D eigenvalue weighted by Gasteiger charge is -2.30. The molecule has 2 saturated heterocycles. The molecule has 0 bridgehead atoms. The standard InChI is InChI=1S/C48H52N8O7/c1-25(2)40(53-47(59)61-5)45(57)55-22-26(3)16-37(55)43-49-21-36(51-43)30-12-14-32-31(18-30)24-63-39-20-33-29(19-34(32)39)13-15-35-42(33)52-44(50-35)38-17-27(4)23-56(38)46(58)41(54-48(60)62-6)28-10-8-7-9-11-28/h7-15,18-21,25-27,37-38,40-41H,16-17,22-24H2,1-6H3,(H,49,51)(H,50,52)(H,53,59)(H,54,60)/t26-,27-,37-,38-,40?,41?/m0/s1. The van der Waals surface area contributed by atoms with Crippen LogP contribution in [-0.2, 0) is 25.7 Å². The van der Waals surface area contributed by atoms with Gasteiger partial charge in [-0.25, -0.2) is 19.6 Å². The fourth-order valence-electron chi connectivity index (χ4n) is 9.54. The van der Waals surface area contributed by atoms with Gasteiger partial charge in [0.2, 0.25) is 5.91 Å². The van der Waals surface area contributed by atoms with E-state index >= 15 is 0 Å². The van der Waals surface area contributed by atoms with E-state index in [9.17, 15) is 19.2 Å². The second kappa shape index (κ2) is 16.8. The van der Waals surface area contributed by atoms with Crippen molar-refractivity contribution in [3.05, 3.63) is 102 Å². The van der Waals surface area contributed by atoms with Crippen LogP contribution in [0.1, 0.15) is 81.4 Å². The Morgan fingerprint density at radius 1 is 0.794 bits per heavy atom. The lowest BCUT2D eigenvalue weighted by atomic mass is 9.92. The van der Waals surface area contributed by atoms with E-state index in [2.05, 4.69) is 70.8 Å². The Kier molecular flexibility index (Phi) is 11.0. The molecule has 3 aliphatic heterocycles. The zero-order valence-electron chi connectivity index (χ0n) is 36.2. The van der Waals surface area contributed by atoms with Gasteiger partial charge in [-0.2, -0.15) is 0 Å². The summed E-state index contributed by atoms with van der Waals surface area (Å²) in [6, 6.07) is 21.6. The van der Waals surface area contributed by atoms with E-state index < -0.39 is 24.3 Å². The molecule has 2 aromatic heterocycles. The molecule has 2 fully saturated rings. The number of aromatic amines is 2. The number of likely N-dealkylation sites (tertiary alicyclic amines) is 2. The Labute approximate surface area is 364 Å². The van der Waals surface area contributed by atoms with E-state index in [1.54, 1.807) is 0 Å². The predicted octanol–water partition coefficient (Wildman–Crippen LogP) is 7.96. The number of fused-ring (bicyclic) bond motifs is 6. The van der Waals surface area contributed by atoms with E-state index in [4.69, 9.17) is 24.2 Å². The third-order valence-corrected chi connectivity index (χ3v) is 12.7. The van der Waals surface area contributed by atoms with Crippen LogP contribution in [0.25, 0.3) is 44.2 Å². The van der Waals surface area contributed by atoms with Gasteiger partial charge in [0.15, 0.2) is 0 Å². The topological polar surface area (TPSA) is 184 Å². The molecule has 326 valence electrons. The summed E-state index contributed by atoms with van der Waals surface area (Å²) in [5.74, 6) is 2.13. The number of alkyl carbamates (subject to hydrolysis) is 2. The lowest BCUT2D eigenvalue weighted by molar-refractivity contribution is -0.136. The molecule has 0 aliphatic carbocycles. The van der Waals surface area contributed by atoms with Crippen LogP contribution in [-0.4, -0.2) is 87.1 Å². The van der Waals surface area contributed by atoms with Crippen molar-refractivity contribution < 1.29 is 33.4 Å². The number of ether oxygens (including phenoxy) is 3. The van der Waals surface area contributed by atoms with E-state index in [-0.39, 0.29) is 41.7 Å². The van der Waals surface area contributed by atoms with Crippen molar-refractivity contribution in [1.82, 2.24) is 40.4 Å². The summed E-state index contributed by atoms with van der Waals surface area (Å²) in [4.78, 5) is 73.1. The summed E-state index contributed by atoms with van der Waals surface area (Å²) < 4.78 is 16.1. The molecule has 4 aromatic carbocycles. The molecular formula is C48H52N8O7.